The van der Waals surface area contributed by atoms with E-state index in [4.69, 9.17) is 14.1 Å². The van der Waals surface area contributed by atoms with Crippen molar-refractivity contribution in [3.8, 4) is 0 Å². The first-order valence-corrected chi connectivity index (χ1v) is 9.77. The molecular formula is C20H38BNO4. The molecule has 1 aliphatic rings. The Morgan fingerprint density at radius 2 is 2.00 bits per heavy atom. The van der Waals surface area contributed by atoms with E-state index in [1.54, 1.807) is 7.11 Å². The molecule has 150 valence electrons. The number of hydrogen-bond acceptors (Lipinski definition) is 5. The Hall–Kier alpha value is -0.815. The van der Waals surface area contributed by atoms with E-state index in [2.05, 4.69) is 30.9 Å². The van der Waals surface area contributed by atoms with Crippen LogP contribution < -0.4 is 0 Å². The Balaban J connectivity index is 2.54. The highest BCUT2D eigenvalue weighted by Crippen LogP contribution is 2.25. The fourth-order valence-corrected chi connectivity index (χ4v) is 2.68. The van der Waals surface area contributed by atoms with Crippen LogP contribution in [0.3, 0.4) is 0 Å². The van der Waals surface area contributed by atoms with Crippen molar-refractivity contribution in [2.24, 2.45) is 5.92 Å². The second-order valence-electron chi connectivity index (χ2n) is 7.92. The van der Waals surface area contributed by atoms with Gasteiger partial charge in [0.25, 0.3) is 0 Å². The van der Waals surface area contributed by atoms with Gasteiger partial charge in [0.05, 0.1) is 24.9 Å². The summed E-state index contributed by atoms with van der Waals surface area (Å²) in [5.74, 6) is 0.249. The zero-order valence-corrected chi connectivity index (χ0v) is 17.7. The Labute approximate surface area is 160 Å². The molecule has 1 fully saturated rings. The highest BCUT2D eigenvalue weighted by atomic mass is 16.5. The van der Waals surface area contributed by atoms with Crippen molar-refractivity contribution in [2.45, 2.75) is 65.5 Å². The third-order valence-electron chi connectivity index (χ3n) is 5.28. The average molecular weight is 367 g/mol. The summed E-state index contributed by atoms with van der Waals surface area (Å²) in [7, 11) is 0.875. The molecule has 0 amide bonds. The molecule has 0 aromatic carbocycles. The van der Waals surface area contributed by atoms with Crippen LogP contribution in [0.15, 0.2) is 23.9 Å². The van der Waals surface area contributed by atoms with Crippen LogP contribution in [0.2, 0.25) is 5.82 Å². The lowest BCUT2D eigenvalue weighted by molar-refractivity contribution is 0.0237. The van der Waals surface area contributed by atoms with E-state index in [0.717, 1.165) is 25.2 Å². The third kappa shape index (κ3) is 7.43. The molecule has 6 heteroatoms. The molecule has 0 radical (unpaired) electrons. The minimum atomic E-state index is -0.814. The number of likely N-dealkylation sites (tertiary alicyclic amines) is 1. The van der Waals surface area contributed by atoms with Crippen LogP contribution in [0, 0.1) is 5.92 Å². The monoisotopic (exact) mass is 367 g/mol. The molecule has 26 heavy (non-hydrogen) atoms. The van der Waals surface area contributed by atoms with Crippen LogP contribution >= 0.6 is 0 Å². The van der Waals surface area contributed by atoms with Gasteiger partial charge in [0, 0.05) is 31.7 Å². The summed E-state index contributed by atoms with van der Waals surface area (Å²) in [6.07, 6.45) is 7.49. The van der Waals surface area contributed by atoms with E-state index in [-0.39, 0.29) is 17.5 Å². The maximum atomic E-state index is 10.4. The first-order chi connectivity index (χ1) is 12.2. The summed E-state index contributed by atoms with van der Waals surface area (Å²) in [5.41, 5.74) is 0.803. The summed E-state index contributed by atoms with van der Waals surface area (Å²) < 4.78 is 16.7. The molecule has 1 aliphatic heterocycles. The molecule has 1 N–H and O–H groups in total. The molecule has 0 saturated carbocycles. The van der Waals surface area contributed by atoms with Gasteiger partial charge in [-0.25, -0.2) is 0 Å². The number of hydrogen-bond donors (Lipinski definition) is 1. The zero-order valence-electron chi connectivity index (χ0n) is 17.7. The van der Waals surface area contributed by atoms with Crippen molar-refractivity contribution in [1.29, 1.82) is 0 Å². The van der Waals surface area contributed by atoms with Crippen molar-refractivity contribution >= 4 is 7.12 Å². The van der Waals surface area contributed by atoms with Crippen LogP contribution in [0.5, 0.6) is 0 Å². The zero-order chi connectivity index (χ0) is 19.7. The molecule has 2 atom stereocenters. The van der Waals surface area contributed by atoms with Crippen molar-refractivity contribution < 1.29 is 19.2 Å². The maximum Gasteiger partial charge on any atom is 0.461 e. The largest absolute Gasteiger partial charge is 0.461 e. The summed E-state index contributed by atoms with van der Waals surface area (Å²) >= 11 is 0. The average Bonchev–Trinajstić information content (AvgIpc) is 3.03. The summed E-state index contributed by atoms with van der Waals surface area (Å²) in [6, 6.07) is 0. The predicted molar refractivity (Wildman–Crippen MR) is 108 cm³/mol. The van der Waals surface area contributed by atoms with Gasteiger partial charge in [0.15, 0.2) is 0 Å². The number of rotatable bonds is 11. The van der Waals surface area contributed by atoms with Crippen molar-refractivity contribution in [2.75, 3.05) is 33.4 Å². The highest BCUT2D eigenvalue weighted by Gasteiger charge is 2.32. The van der Waals surface area contributed by atoms with Crippen LogP contribution in [0.25, 0.3) is 0 Å². The Bertz CT molecular complexity index is 465. The predicted octanol–water partition coefficient (Wildman–Crippen LogP) is 3.51. The van der Waals surface area contributed by atoms with Crippen LogP contribution in [0.4, 0.5) is 0 Å². The summed E-state index contributed by atoms with van der Waals surface area (Å²) in [4.78, 5) is 2.33. The summed E-state index contributed by atoms with van der Waals surface area (Å²) in [6.45, 7) is 15.4. The topological polar surface area (TPSA) is 51.2 Å². The maximum absolute atomic E-state index is 10.4. The van der Waals surface area contributed by atoms with Gasteiger partial charge in [0.2, 0.25) is 0 Å². The first-order valence-electron chi connectivity index (χ1n) is 9.77. The van der Waals surface area contributed by atoms with Crippen LogP contribution in [-0.4, -0.2) is 62.2 Å². The van der Waals surface area contributed by atoms with Gasteiger partial charge in [-0.05, 0) is 39.2 Å². The van der Waals surface area contributed by atoms with E-state index < -0.39 is 7.12 Å². The van der Waals surface area contributed by atoms with Crippen LogP contribution in [-0.2, 0) is 14.1 Å². The number of ether oxygens (including phenoxy) is 2. The lowest BCUT2D eigenvalue weighted by Gasteiger charge is -2.32. The van der Waals surface area contributed by atoms with Crippen molar-refractivity contribution in [1.82, 2.24) is 4.90 Å². The molecule has 0 aromatic heterocycles. The first kappa shape index (κ1) is 23.2. The molecule has 0 bridgehead atoms. The number of nitrogens with zero attached hydrogens (tertiary/aromatic N) is 1. The third-order valence-corrected chi connectivity index (χ3v) is 5.28. The van der Waals surface area contributed by atoms with Gasteiger partial charge in [-0.1, -0.05) is 32.9 Å². The smallest absolute Gasteiger partial charge is 0.427 e. The fourth-order valence-electron chi connectivity index (χ4n) is 2.68. The second-order valence-corrected chi connectivity index (χ2v) is 7.92. The Morgan fingerprint density at radius 1 is 1.31 bits per heavy atom. The van der Waals surface area contributed by atoms with E-state index in [1.165, 1.54) is 0 Å². The molecule has 1 heterocycles. The molecule has 0 aliphatic carbocycles. The van der Waals surface area contributed by atoms with Gasteiger partial charge in [-0.2, -0.15) is 0 Å². The number of methoxy groups -OCH3 is 1. The lowest BCUT2D eigenvalue weighted by atomic mass is 9.72. The molecular weight excluding hydrogens is 329 g/mol. The van der Waals surface area contributed by atoms with Gasteiger partial charge in [-0.15, -0.1) is 0 Å². The minimum absolute atomic E-state index is 0.0840. The minimum Gasteiger partial charge on any atom is -0.427 e. The SMILES string of the molecule is C/C=C(\C=C/C(C)B(O)OC(C)(C)C(C)C)N1CCC(OCCOC)C1. The molecule has 1 saturated heterocycles. The quantitative estimate of drug-likeness (QED) is 0.344. The molecule has 5 nitrogen and oxygen atoms in total. The summed E-state index contributed by atoms with van der Waals surface area (Å²) in [5, 5.41) is 10.4. The number of allylic oxidation sites excluding steroid dienone is 3. The van der Waals surface area contributed by atoms with Gasteiger partial charge >= 0.3 is 7.12 Å². The van der Waals surface area contributed by atoms with Crippen molar-refractivity contribution in [3.63, 3.8) is 0 Å². The lowest BCUT2D eigenvalue weighted by Crippen LogP contribution is -2.39. The molecule has 0 spiro atoms. The molecule has 2 unspecified atom stereocenters. The van der Waals surface area contributed by atoms with Gasteiger partial charge in [0.1, 0.15) is 0 Å². The van der Waals surface area contributed by atoms with E-state index in [1.807, 2.05) is 33.8 Å². The van der Waals surface area contributed by atoms with Crippen molar-refractivity contribution in [3.05, 3.63) is 23.9 Å². The van der Waals surface area contributed by atoms with Crippen LogP contribution in [0.1, 0.15) is 48.0 Å². The molecule has 0 aromatic rings. The fraction of sp³-hybridized carbons (Fsp3) is 0.800. The van der Waals surface area contributed by atoms with Gasteiger partial charge in [-0.3, -0.25) is 0 Å². The van der Waals surface area contributed by atoms with E-state index in [0.29, 0.717) is 19.1 Å². The normalized spacial score (nSPS) is 20.4. The van der Waals surface area contributed by atoms with E-state index >= 15 is 0 Å². The molecule has 1 rings (SSSR count). The Kier molecular flexibility index (Phi) is 9.94. The highest BCUT2D eigenvalue weighted by molar-refractivity contribution is 6.45. The second kappa shape index (κ2) is 11.1. The standard InChI is InChI=1S/C20H38BNO4/c1-8-18(22-12-11-19(15-22)25-14-13-24-7)10-9-17(4)21(23)26-20(5,6)16(2)3/h8-10,16-17,19,23H,11-15H2,1-7H3/b10-9-,18-8+. The Morgan fingerprint density at radius 3 is 2.58 bits per heavy atom. The van der Waals surface area contributed by atoms with E-state index in [9.17, 15) is 5.02 Å². The van der Waals surface area contributed by atoms with Gasteiger partial charge < -0.3 is 24.1 Å².